The van der Waals surface area contributed by atoms with Crippen LogP contribution >= 0.6 is 0 Å². The number of anilines is 1. The van der Waals surface area contributed by atoms with Crippen LogP contribution in [0, 0.1) is 5.92 Å². The van der Waals surface area contributed by atoms with Crippen LogP contribution in [-0.2, 0) is 20.9 Å². The van der Waals surface area contributed by atoms with Gasteiger partial charge in [-0.15, -0.1) is 0 Å². The molecule has 0 aliphatic rings. The number of aromatic nitrogens is 3. The molecule has 2 aromatic rings. The van der Waals surface area contributed by atoms with E-state index >= 15 is 0 Å². The quantitative estimate of drug-likeness (QED) is 0.546. The van der Waals surface area contributed by atoms with Gasteiger partial charge in [0, 0.05) is 18.4 Å². The molecule has 1 aromatic heterocycles. The molecule has 5 N–H and O–H groups in total. The number of ether oxygens (including phenoxy) is 1. The molecule has 0 spiro atoms. The highest BCUT2D eigenvalue weighted by atomic mass is 16.5. The van der Waals surface area contributed by atoms with E-state index in [1.54, 1.807) is 24.3 Å². The summed E-state index contributed by atoms with van der Waals surface area (Å²) in [5.41, 5.74) is 6.92. The molecule has 1 atom stereocenters. The molecule has 0 saturated heterocycles. The van der Waals surface area contributed by atoms with E-state index in [0.29, 0.717) is 17.3 Å². The fourth-order valence-electron chi connectivity index (χ4n) is 2.32. The number of nitrogens with two attached hydrogens (primary N) is 1. The Morgan fingerprint density at radius 1 is 1.27 bits per heavy atom. The smallest absolute Gasteiger partial charge is 0.247 e. The zero-order chi connectivity index (χ0) is 19.1. The van der Waals surface area contributed by atoms with E-state index in [9.17, 15) is 9.59 Å². The molecule has 0 radical (unpaired) electrons. The van der Waals surface area contributed by atoms with Crippen LogP contribution in [0.2, 0.25) is 0 Å². The van der Waals surface area contributed by atoms with Gasteiger partial charge in [-0.25, -0.2) is 4.98 Å². The van der Waals surface area contributed by atoms with E-state index in [2.05, 4.69) is 25.8 Å². The van der Waals surface area contributed by atoms with Crippen molar-refractivity contribution >= 4 is 17.5 Å². The normalized spacial score (nSPS) is 12.0. The minimum atomic E-state index is -0.655. The molecule has 0 saturated carbocycles. The highest BCUT2D eigenvalue weighted by Crippen LogP contribution is 2.18. The van der Waals surface area contributed by atoms with Crippen molar-refractivity contribution in [3.05, 3.63) is 30.1 Å². The van der Waals surface area contributed by atoms with E-state index in [1.165, 1.54) is 7.11 Å². The molecule has 0 aliphatic heterocycles. The Bertz CT molecular complexity index is 741. The summed E-state index contributed by atoms with van der Waals surface area (Å²) in [6.07, 6.45) is 0. The van der Waals surface area contributed by atoms with Crippen LogP contribution in [0.5, 0.6) is 0 Å². The Morgan fingerprint density at radius 3 is 2.50 bits per heavy atom. The number of benzene rings is 1. The van der Waals surface area contributed by atoms with Gasteiger partial charge in [0.2, 0.25) is 11.8 Å². The number of aromatic amines is 1. The number of hydrogen-bond acceptors (Lipinski definition) is 6. The zero-order valence-electron chi connectivity index (χ0n) is 15.1. The van der Waals surface area contributed by atoms with E-state index in [4.69, 9.17) is 10.5 Å². The van der Waals surface area contributed by atoms with Gasteiger partial charge in [-0.05, 0) is 30.2 Å². The van der Waals surface area contributed by atoms with Gasteiger partial charge < -0.3 is 21.1 Å². The van der Waals surface area contributed by atoms with Gasteiger partial charge in [-0.1, -0.05) is 13.8 Å². The van der Waals surface area contributed by atoms with Gasteiger partial charge in [-0.2, -0.15) is 5.10 Å². The van der Waals surface area contributed by atoms with E-state index in [1.807, 2.05) is 13.8 Å². The van der Waals surface area contributed by atoms with Crippen molar-refractivity contribution in [2.75, 3.05) is 19.0 Å². The van der Waals surface area contributed by atoms with E-state index < -0.39 is 6.04 Å². The number of methoxy groups -OCH3 is 1. The van der Waals surface area contributed by atoms with Crippen molar-refractivity contribution in [2.45, 2.75) is 26.4 Å². The lowest BCUT2D eigenvalue weighted by Gasteiger charge is -2.21. The predicted molar refractivity (Wildman–Crippen MR) is 97.0 cm³/mol. The monoisotopic (exact) mass is 360 g/mol. The molecular formula is C17H24N6O3. The topological polar surface area (TPSA) is 135 Å². The summed E-state index contributed by atoms with van der Waals surface area (Å²) in [6, 6.07) is 6.44. The van der Waals surface area contributed by atoms with Gasteiger partial charge in [-0.3, -0.25) is 14.7 Å². The first-order valence-corrected chi connectivity index (χ1v) is 8.25. The second kappa shape index (κ2) is 9.07. The summed E-state index contributed by atoms with van der Waals surface area (Å²) >= 11 is 0. The van der Waals surface area contributed by atoms with Crippen LogP contribution in [0.1, 0.15) is 19.7 Å². The maximum absolute atomic E-state index is 12.5. The van der Waals surface area contributed by atoms with Gasteiger partial charge in [0.15, 0.2) is 5.82 Å². The first kappa shape index (κ1) is 19.5. The van der Waals surface area contributed by atoms with Crippen LogP contribution in [0.3, 0.4) is 0 Å². The second-order valence-electron chi connectivity index (χ2n) is 6.10. The van der Waals surface area contributed by atoms with Gasteiger partial charge in [0.05, 0.1) is 6.54 Å². The molecule has 0 fully saturated rings. The third-order valence-corrected chi connectivity index (χ3v) is 3.68. The maximum atomic E-state index is 12.5. The fourth-order valence-corrected chi connectivity index (χ4v) is 2.32. The summed E-state index contributed by atoms with van der Waals surface area (Å²) in [5.74, 6) is 0.440. The number of rotatable bonds is 8. The average molecular weight is 360 g/mol. The third kappa shape index (κ3) is 5.11. The lowest BCUT2D eigenvalue weighted by atomic mass is 10.0. The van der Waals surface area contributed by atoms with Crippen molar-refractivity contribution in [3.63, 3.8) is 0 Å². The molecule has 9 nitrogen and oxygen atoms in total. The summed E-state index contributed by atoms with van der Waals surface area (Å²) < 4.78 is 4.78. The van der Waals surface area contributed by atoms with E-state index in [0.717, 1.165) is 5.56 Å². The number of hydrogen-bond donors (Lipinski definition) is 4. The molecule has 1 heterocycles. The standard InChI is InChI=1S/C17H24N6O3/c1-10(2)15(21-14(24)9-26-3)17(25)19-12-6-4-11(5-7-12)16-20-13(8-18)22-23-16/h4-7,10,15H,8-9,18H2,1-3H3,(H,19,25)(H,21,24)(H,20,22,23)/t15-/m0/s1. The Morgan fingerprint density at radius 2 is 1.96 bits per heavy atom. The maximum Gasteiger partial charge on any atom is 0.247 e. The average Bonchev–Trinajstić information content (AvgIpc) is 3.09. The molecule has 0 unspecified atom stereocenters. The largest absolute Gasteiger partial charge is 0.375 e. The Balaban J connectivity index is 2.04. The van der Waals surface area contributed by atoms with Gasteiger partial charge in [0.25, 0.3) is 0 Å². The predicted octanol–water partition coefficient (Wildman–Crippen LogP) is 0.656. The van der Waals surface area contributed by atoms with Gasteiger partial charge in [0.1, 0.15) is 18.5 Å². The second-order valence-corrected chi connectivity index (χ2v) is 6.10. The van der Waals surface area contributed by atoms with Crippen molar-refractivity contribution < 1.29 is 14.3 Å². The Kier molecular flexibility index (Phi) is 6.81. The molecule has 140 valence electrons. The minimum absolute atomic E-state index is 0.0713. The lowest BCUT2D eigenvalue weighted by molar-refractivity contribution is -0.129. The van der Waals surface area contributed by atoms with Crippen LogP contribution in [0.25, 0.3) is 11.4 Å². The molecule has 26 heavy (non-hydrogen) atoms. The third-order valence-electron chi connectivity index (χ3n) is 3.68. The van der Waals surface area contributed by atoms with Crippen molar-refractivity contribution in [3.8, 4) is 11.4 Å². The van der Waals surface area contributed by atoms with E-state index in [-0.39, 0.29) is 30.9 Å². The van der Waals surface area contributed by atoms with Crippen molar-refractivity contribution in [1.29, 1.82) is 0 Å². The SMILES string of the molecule is COCC(=O)N[C@H](C(=O)Nc1ccc(-c2n[nH]c(CN)n2)cc1)C(C)C. The summed E-state index contributed by atoms with van der Waals surface area (Å²) in [7, 11) is 1.43. The summed E-state index contributed by atoms with van der Waals surface area (Å²) in [5, 5.41) is 12.3. The molecular weight excluding hydrogens is 336 g/mol. The Hall–Kier alpha value is -2.78. The highest BCUT2D eigenvalue weighted by Gasteiger charge is 2.24. The number of H-pyrrole nitrogens is 1. The lowest BCUT2D eigenvalue weighted by Crippen LogP contribution is -2.48. The molecule has 9 heteroatoms. The fraction of sp³-hybridized carbons (Fsp3) is 0.412. The van der Waals surface area contributed by atoms with Gasteiger partial charge >= 0.3 is 0 Å². The first-order valence-electron chi connectivity index (χ1n) is 8.25. The first-order chi connectivity index (χ1) is 12.4. The Labute approximate surface area is 151 Å². The van der Waals surface area contributed by atoms with Crippen LogP contribution in [0.15, 0.2) is 24.3 Å². The molecule has 1 aromatic carbocycles. The van der Waals surface area contributed by atoms with Crippen LogP contribution in [0.4, 0.5) is 5.69 Å². The minimum Gasteiger partial charge on any atom is -0.375 e. The van der Waals surface area contributed by atoms with Crippen molar-refractivity contribution in [1.82, 2.24) is 20.5 Å². The summed E-state index contributed by atoms with van der Waals surface area (Å²) in [6.45, 7) is 3.91. The summed E-state index contributed by atoms with van der Waals surface area (Å²) in [4.78, 5) is 28.4. The zero-order valence-corrected chi connectivity index (χ0v) is 15.1. The number of nitrogens with zero attached hydrogens (tertiary/aromatic N) is 2. The molecule has 2 rings (SSSR count). The molecule has 0 bridgehead atoms. The highest BCUT2D eigenvalue weighted by molar-refractivity contribution is 5.97. The van der Waals surface area contributed by atoms with Crippen LogP contribution < -0.4 is 16.4 Å². The molecule has 0 aliphatic carbocycles. The number of amides is 2. The number of nitrogens with one attached hydrogen (secondary N) is 3. The number of carbonyl (C=O) groups is 2. The van der Waals surface area contributed by atoms with Crippen molar-refractivity contribution in [2.24, 2.45) is 11.7 Å². The molecule has 2 amide bonds. The number of carbonyl (C=O) groups excluding carboxylic acids is 2. The van der Waals surface area contributed by atoms with Crippen LogP contribution in [-0.4, -0.2) is 46.8 Å².